The number of fused-ring (bicyclic) bond motifs is 1. The highest BCUT2D eigenvalue weighted by atomic mass is 35.5. The van der Waals surface area contributed by atoms with Crippen LogP contribution in [-0.2, 0) is 6.54 Å². The smallest absolute Gasteiger partial charge is 0.134 e. The van der Waals surface area contributed by atoms with Gasteiger partial charge in [0.25, 0.3) is 0 Å². The summed E-state index contributed by atoms with van der Waals surface area (Å²) in [5.41, 5.74) is 1.17. The molecule has 1 atom stereocenters. The van der Waals surface area contributed by atoms with Crippen molar-refractivity contribution in [2.75, 3.05) is 46.3 Å². The minimum Gasteiger partial charge on any atom is -0.506 e. The third kappa shape index (κ3) is 3.09. The first-order valence-corrected chi connectivity index (χ1v) is 7.62. The van der Waals surface area contributed by atoms with E-state index in [-0.39, 0.29) is 5.75 Å². The van der Waals surface area contributed by atoms with Crippen LogP contribution < -0.4 is 0 Å². The topological polar surface area (TPSA) is 30.0 Å². The second kappa shape index (κ2) is 5.90. The summed E-state index contributed by atoms with van der Waals surface area (Å²) >= 11 is 5.98. The molecule has 2 heterocycles. The van der Waals surface area contributed by atoms with Crippen LogP contribution in [0, 0.1) is 0 Å². The van der Waals surface area contributed by atoms with E-state index in [4.69, 9.17) is 11.6 Å². The molecule has 0 saturated carbocycles. The Morgan fingerprint density at radius 1 is 1.20 bits per heavy atom. The number of phenolic OH excluding ortho intramolecular Hbond substituents is 1. The van der Waals surface area contributed by atoms with Gasteiger partial charge in [0, 0.05) is 51.9 Å². The molecule has 0 unspecified atom stereocenters. The van der Waals surface area contributed by atoms with Crippen LogP contribution in [0.3, 0.4) is 0 Å². The second-order valence-electron chi connectivity index (χ2n) is 5.97. The molecule has 2 saturated heterocycles. The Labute approximate surface area is 125 Å². The minimum atomic E-state index is 0.161. The van der Waals surface area contributed by atoms with Crippen molar-refractivity contribution < 1.29 is 5.11 Å². The SMILES string of the molecule is CN1CCN2CCN(Cc3ccc(O)c(Cl)c3)C[C@@H]2C1. The number of hydrogen-bond donors (Lipinski definition) is 1. The van der Waals surface area contributed by atoms with E-state index < -0.39 is 0 Å². The molecule has 1 aromatic rings. The monoisotopic (exact) mass is 295 g/mol. The van der Waals surface area contributed by atoms with E-state index in [9.17, 15) is 5.11 Å². The fraction of sp³-hybridized carbons (Fsp3) is 0.600. The van der Waals surface area contributed by atoms with Crippen LogP contribution in [0.15, 0.2) is 18.2 Å². The quantitative estimate of drug-likeness (QED) is 0.895. The van der Waals surface area contributed by atoms with E-state index in [2.05, 4.69) is 21.7 Å². The van der Waals surface area contributed by atoms with Crippen molar-refractivity contribution in [1.29, 1.82) is 0 Å². The first-order valence-electron chi connectivity index (χ1n) is 7.24. The van der Waals surface area contributed by atoms with Gasteiger partial charge in [-0.25, -0.2) is 0 Å². The number of benzene rings is 1. The lowest BCUT2D eigenvalue weighted by Crippen LogP contribution is -2.60. The Morgan fingerprint density at radius 2 is 2.00 bits per heavy atom. The summed E-state index contributed by atoms with van der Waals surface area (Å²) in [7, 11) is 2.20. The summed E-state index contributed by atoms with van der Waals surface area (Å²) in [6.45, 7) is 7.83. The second-order valence-corrected chi connectivity index (χ2v) is 6.38. The Balaban J connectivity index is 1.62. The van der Waals surface area contributed by atoms with Gasteiger partial charge in [0.2, 0.25) is 0 Å². The minimum absolute atomic E-state index is 0.161. The van der Waals surface area contributed by atoms with Crippen LogP contribution >= 0.6 is 11.6 Å². The van der Waals surface area contributed by atoms with Gasteiger partial charge >= 0.3 is 0 Å². The molecule has 2 aliphatic rings. The fourth-order valence-electron chi connectivity index (χ4n) is 3.23. The van der Waals surface area contributed by atoms with Crippen molar-refractivity contribution in [2.24, 2.45) is 0 Å². The van der Waals surface area contributed by atoms with Gasteiger partial charge in [0.05, 0.1) is 5.02 Å². The lowest BCUT2D eigenvalue weighted by Gasteiger charge is -2.46. The van der Waals surface area contributed by atoms with Gasteiger partial charge in [-0.15, -0.1) is 0 Å². The van der Waals surface area contributed by atoms with Gasteiger partial charge in [-0.1, -0.05) is 17.7 Å². The maximum absolute atomic E-state index is 9.48. The van der Waals surface area contributed by atoms with Crippen LogP contribution in [0.5, 0.6) is 5.75 Å². The average molecular weight is 296 g/mol. The van der Waals surface area contributed by atoms with Crippen LogP contribution in [0.2, 0.25) is 5.02 Å². The molecule has 0 spiro atoms. The zero-order valence-electron chi connectivity index (χ0n) is 11.9. The van der Waals surface area contributed by atoms with Crippen molar-refractivity contribution in [3.8, 4) is 5.75 Å². The highest BCUT2D eigenvalue weighted by molar-refractivity contribution is 6.32. The van der Waals surface area contributed by atoms with E-state index in [0.717, 1.165) is 32.7 Å². The first kappa shape index (κ1) is 14.1. The third-order valence-electron chi connectivity index (χ3n) is 4.40. The van der Waals surface area contributed by atoms with Gasteiger partial charge in [0.15, 0.2) is 0 Å². The van der Waals surface area contributed by atoms with Crippen molar-refractivity contribution in [2.45, 2.75) is 12.6 Å². The maximum Gasteiger partial charge on any atom is 0.134 e. The molecule has 110 valence electrons. The summed E-state index contributed by atoms with van der Waals surface area (Å²) < 4.78 is 0. The molecule has 0 bridgehead atoms. The molecule has 0 aromatic heterocycles. The molecular formula is C15H22ClN3O. The van der Waals surface area contributed by atoms with Crippen LogP contribution in [0.4, 0.5) is 0 Å². The number of hydrogen-bond acceptors (Lipinski definition) is 4. The molecule has 5 heteroatoms. The maximum atomic E-state index is 9.48. The number of phenols is 1. The van der Waals surface area contributed by atoms with Gasteiger partial charge in [0.1, 0.15) is 5.75 Å². The molecule has 2 aliphatic heterocycles. The molecule has 0 amide bonds. The fourth-order valence-corrected chi connectivity index (χ4v) is 3.43. The van der Waals surface area contributed by atoms with E-state index in [0.29, 0.717) is 11.1 Å². The number of aromatic hydroxyl groups is 1. The summed E-state index contributed by atoms with van der Waals surface area (Å²) in [4.78, 5) is 7.52. The Morgan fingerprint density at radius 3 is 2.80 bits per heavy atom. The van der Waals surface area contributed by atoms with E-state index >= 15 is 0 Å². The molecule has 0 aliphatic carbocycles. The predicted molar refractivity (Wildman–Crippen MR) is 81.3 cm³/mol. The van der Waals surface area contributed by atoms with Crippen LogP contribution in [0.25, 0.3) is 0 Å². The van der Waals surface area contributed by atoms with Gasteiger partial charge in [-0.05, 0) is 24.7 Å². The summed E-state index contributed by atoms with van der Waals surface area (Å²) in [6.07, 6.45) is 0. The van der Waals surface area contributed by atoms with Crippen molar-refractivity contribution in [3.05, 3.63) is 28.8 Å². The highest BCUT2D eigenvalue weighted by Crippen LogP contribution is 2.25. The van der Waals surface area contributed by atoms with Crippen LogP contribution in [0.1, 0.15) is 5.56 Å². The standard InChI is InChI=1S/C15H22ClN3O/c1-17-4-6-19-7-5-18(11-13(19)10-17)9-12-2-3-15(20)14(16)8-12/h2-3,8,13,20H,4-7,9-11H2,1H3/t13-/m0/s1. The predicted octanol–water partition coefficient (Wildman–Crippen LogP) is 1.48. The Kier molecular flexibility index (Phi) is 4.17. The molecule has 2 fully saturated rings. The molecule has 1 N–H and O–H groups in total. The highest BCUT2D eigenvalue weighted by Gasteiger charge is 2.30. The normalized spacial score (nSPS) is 25.6. The third-order valence-corrected chi connectivity index (χ3v) is 4.70. The van der Waals surface area contributed by atoms with Crippen molar-refractivity contribution >= 4 is 11.6 Å². The molecular weight excluding hydrogens is 274 g/mol. The number of halogens is 1. The number of likely N-dealkylation sites (N-methyl/N-ethyl adjacent to an activating group) is 1. The zero-order valence-corrected chi connectivity index (χ0v) is 12.7. The summed E-state index contributed by atoms with van der Waals surface area (Å²) in [5.74, 6) is 0.161. The van der Waals surface area contributed by atoms with Crippen LogP contribution in [-0.4, -0.2) is 72.2 Å². The number of nitrogens with zero attached hydrogens (tertiary/aromatic N) is 3. The average Bonchev–Trinajstić information content (AvgIpc) is 2.42. The Bertz CT molecular complexity index is 482. The molecule has 4 nitrogen and oxygen atoms in total. The molecule has 1 aromatic carbocycles. The number of rotatable bonds is 2. The number of piperazine rings is 2. The lowest BCUT2D eigenvalue weighted by molar-refractivity contribution is 0.0175. The van der Waals surface area contributed by atoms with Gasteiger partial charge in [-0.2, -0.15) is 0 Å². The lowest BCUT2D eigenvalue weighted by atomic mass is 10.1. The molecule has 3 rings (SSSR count). The van der Waals surface area contributed by atoms with Crippen molar-refractivity contribution in [3.63, 3.8) is 0 Å². The van der Waals surface area contributed by atoms with Crippen molar-refractivity contribution in [1.82, 2.24) is 14.7 Å². The zero-order chi connectivity index (χ0) is 14.1. The molecule has 20 heavy (non-hydrogen) atoms. The van der Waals surface area contributed by atoms with E-state index in [1.165, 1.54) is 18.7 Å². The summed E-state index contributed by atoms with van der Waals surface area (Å²) in [5, 5.41) is 9.92. The largest absolute Gasteiger partial charge is 0.506 e. The van der Waals surface area contributed by atoms with E-state index in [1.54, 1.807) is 6.07 Å². The molecule has 0 radical (unpaired) electrons. The van der Waals surface area contributed by atoms with E-state index in [1.807, 2.05) is 12.1 Å². The Hall–Kier alpha value is -0.810. The van der Waals surface area contributed by atoms with Gasteiger partial charge < -0.3 is 10.0 Å². The first-order chi connectivity index (χ1) is 9.61. The summed E-state index contributed by atoms with van der Waals surface area (Å²) in [6, 6.07) is 6.16. The van der Waals surface area contributed by atoms with Gasteiger partial charge in [-0.3, -0.25) is 9.80 Å².